The van der Waals surface area contributed by atoms with Gasteiger partial charge in [0.25, 0.3) is 0 Å². The summed E-state index contributed by atoms with van der Waals surface area (Å²) < 4.78 is 5.31. The van der Waals surface area contributed by atoms with Crippen LogP contribution in [0.4, 0.5) is 0 Å². The average Bonchev–Trinajstić information content (AvgIpc) is 2.94. The highest BCUT2D eigenvalue weighted by Gasteiger charge is 2.31. The largest absolute Gasteiger partial charge is 0.461 e. The second-order valence-corrected chi connectivity index (χ2v) is 5.55. The first kappa shape index (κ1) is 15.5. The third-order valence-corrected chi connectivity index (χ3v) is 3.83. The monoisotopic (exact) mass is 290 g/mol. The van der Waals surface area contributed by atoms with Crippen LogP contribution in [0.5, 0.6) is 0 Å². The van der Waals surface area contributed by atoms with Crippen LogP contribution >= 0.6 is 0 Å². The Balaban J connectivity index is 1.81. The lowest BCUT2D eigenvalue weighted by Gasteiger charge is -2.24. The summed E-state index contributed by atoms with van der Waals surface area (Å²) in [5.74, 6) is -0.819. The number of esters is 1. The first-order chi connectivity index (χ1) is 10.1. The van der Waals surface area contributed by atoms with E-state index in [-0.39, 0.29) is 30.4 Å². The van der Waals surface area contributed by atoms with Gasteiger partial charge in [-0.2, -0.15) is 0 Å². The summed E-state index contributed by atoms with van der Waals surface area (Å²) in [6.45, 7) is 3.43. The Morgan fingerprint density at radius 3 is 2.76 bits per heavy atom. The molecule has 1 aromatic carbocycles. The van der Waals surface area contributed by atoms with Crippen molar-refractivity contribution in [1.29, 1.82) is 0 Å². The third kappa shape index (κ3) is 4.29. The number of nitrogens with zero attached hydrogens (tertiary/aromatic N) is 1. The van der Waals surface area contributed by atoms with Gasteiger partial charge in [0.2, 0.25) is 5.91 Å². The van der Waals surface area contributed by atoms with Gasteiger partial charge >= 0.3 is 5.97 Å². The van der Waals surface area contributed by atoms with E-state index in [1.54, 1.807) is 0 Å². The molecule has 114 valence electrons. The topological polar surface area (TPSA) is 72.6 Å². The van der Waals surface area contributed by atoms with Gasteiger partial charge in [0.15, 0.2) is 0 Å². The van der Waals surface area contributed by atoms with Crippen molar-refractivity contribution in [3.63, 3.8) is 0 Å². The van der Waals surface area contributed by atoms with Gasteiger partial charge in [-0.1, -0.05) is 37.3 Å². The smallest absolute Gasteiger partial charge is 0.310 e. The molecule has 2 atom stereocenters. The standard InChI is InChI=1S/C16H22N2O3/c1-12(10-18-9-5-8-14(18)15(17)19)16(20)21-11-13-6-3-2-4-7-13/h2-4,6-7,12,14H,5,8-11H2,1H3,(H2,17,19). The quantitative estimate of drug-likeness (QED) is 0.802. The molecule has 0 bridgehead atoms. The average molecular weight is 290 g/mol. The van der Waals surface area contributed by atoms with E-state index in [4.69, 9.17) is 10.5 Å². The molecule has 5 nitrogen and oxygen atoms in total. The van der Waals surface area contributed by atoms with Gasteiger partial charge in [0.1, 0.15) is 6.61 Å². The van der Waals surface area contributed by atoms with Crippen LogP contribution in [0.1, 0.15) is 25.3 Å². The van der Waals surface area contributed by atoms with E-state index >= 15 is 0 Å². The molecule has 0 aromatic heterocycles. The van der Waals surface area contributed by atoms with Gasteiger partial charge in [-0.15, -0.1) is 0 Å². The Morgan fingerprint density at radius 1 is 1.38 bits per heavy atom. The summed E-state index contributed by atoms with van der Waals surface area (Å²) in [4.78, 5) is 25.3. The Hall–Kier alpha value is -1.88. The molecule has 0 aliphatic carbocycles. The first-order valence-electron chi connectivity index (χ1n) is 7.32. The number of likely N-dealkylation sites (tertiary alicyclic amines) is 1. The number of hydrogen-bond acceptors (Lipinski definition) is 4. The van der Waals surface area contributed by atoms with Crippen molar-refractivity contribution in [3.8, 4) is 0 Å². The Bertz CT molecular complexity index is 490. The summed E-state index contributed by atoms with van der Waals surface area (Å²) >= 11 is 0. The molecule has 5 heteroatoms. The van der Waals surface area contributed by atoms with Gasteiger partial charge in [-0.05, 0) is 24.9 Å². The molecule has 0 spiro atoms. The van der Waals surface area contributed by atoms with Crippen molar-refractivity contribution < 1.29 is 14.3 Å². The van der Waals surface area contributed by atoms with Crippen molar-refractivity contribution in [2.24, 2.45) is 11.7 Å². The van der Waals surface area contributed by atoms with Crippen molar-refractivity contribution >= 4 is 11.9 Å². The lowest BCUT2D eigenvalue weighted by molar-refractivity contribution is -0.150. The van der Waals surface area contributed by atoms with Crippen LogP contribution in [0.15, 0.2) is 30.3 Å². The highest BCUT2D eigenvalue weighted by atomic mass is 16.5. The van der Waals surface area contributed by atoms with Gasteiger partial charge in [-0.3, -0.25) is 14.5 Å². The lowest BCUT2D eigenvalue weighted by atomic mass is 10.1. The van der Waals surface area contributed by atoms with Crippen LogP contribution in [0.3, 0.4) is 0 Å². The molecule has 0 saturated carbocycles. The van der Waals surface area contributed by atoms with Crippen molar-refractivity contribution in [2.75, 3.05) is 13.1 Å². The Labute approximate surface area is 125 Å². The first-order valence-corrected chi connectivity index (χ1v) is 7.32. The van der Waals surface area contributed by atoms with Gasteiger partial charge in [-0.25, -0.2) is 0 Å². The normalized spacial score (nSPS) is 20.1. The minimum atomic E-state index is -0.308. The molecule has 1 amide bonds. The second-order valence-electron chi connectivity index (χ2n) is 5.55. The molecule has 1 aromatic rings. The predicted molar refractivity (Wildman–Crippen MR) is 79.2 cm³/mol. The van der Waals surface area contributed by atoms with Crippen molar-refractivity contribution in [2.45, 2.75) is 32.4 Å². The molecule has 2 rings (SSSR count). The highest BCUT2D eigenvalue weighted by molar-refractivity contribution is 5.80. The molecule has 1 saturated heterocycles. The van der Waals surface area contributed by atoms with Crippen LogP contribution in [0.25, 0.3) is 0 Å². The Morgan fingerprint density at radius 2 is 2.10 bits per heavy atom. The molecule has 21 heavy (non-hydrogen) atoms. The zero-order valence-electron chi connectivity index (χ0n) is 12.3. The maximum atomic E-state index is 12.0. The van der Waals surface area contributed by atoms with Gasteiger partial charge in [0, 0.05) is 6.54 Å². The van der Waals surface area contributed by atoms with E-state index in [0.29, 0.717) is 6.54 Å². The molecule has 1 heterocycles. The number of benzene rings is 1. The molecule has 1 aliphatic heterocycles. The number of ether oxygens (including phenoxy) is 1. The molecule has 0 radical (unpaired) electrons. The number of nitrogens with two attached hydrogens (primary N) is 1. The zero-order chi connectivity index (χ0) is 15.2. The van der Waals surface area contributed by atoms with E-state index in [0.717, 1.165) is 24.9 Å². The van der Waals surface area contributed by atoms with Gasteiger partial charge in [0.05, 0.1) is 12.0 Å². The summed E-state index contributed by atoms with van der Waals surface area (Å²) in [7, 11) is 0. The van der Waals surface area contributed by atoms with Crippen LogP contribution in [0, 0.1) is 5.92 Å². The highest BCUT2D eigenvalue weighted by Crippen LogP contribution is 2.19. The number of hydrogen-bond donors (Lipinski definition) is 1. The summed E-state index contributed by atoms with van der Waals surface area (Å²) in [5, 5.41) is 0. The number of carbonyl (C=O) groups is 2. The third-order valence-electron chi connectivity index (χ3n) is 3.83. The van der Waals surface area contributed by atoms with Crippen molar-refractivity contribution in [1.82, 2.24) is 4.90 Å². The fourth-order valence-electron chi connectivity index (χ4n) is 2.66. The van der Waals surface area contributed by atoms with Crippen LogP contribution in [-0.4, -0.2) is 35.9 Å². The van der Waals surface area contributed by atoms with E-state index < -0.39 is 0 Å². The second kappa shape index (κ2) is 7.22. The summed E-state index contributed by atoms with van der Waals surface area (Å²) in [5.41, 5.74) is 6.34. The molecule has 1 fully saturated rings. The maximum absolute atomic E-state index is 12.0. The predicted octanol–water partition coefficient (Wildman–Crippen LogP) is 1.32. The SMILES string of the molecule is CC(CN1CCCC1C(N)=O)C(=O)OCc1ccccc1. The molecule has 1 aliphatic rings. The molecule has 2 unspecified atom stereocenters. The van der Waals surface area contributed by atoms with E-state index in [1.165, 1.54) is 0 Å². The number of primary amides is 1. The molecular formula is C16H22N2O3. The van der Waals surface area contributed by atoms with E-state index in [2.05, 4.69) is 0 Å². The van der Waals surface area contributed by atoms with E-state index in [1.807, 2.05) is 42.2 Å². The zero-order valence-corrected chi connectivity index (χ0v) is 12.3. The minimum Gasteiger partial charge on any atom is -0.461 e. The molecular weight excluding hydrogens is 268 g/mol. The van der Waals surface area contributed by atoms with Gasteiger partial charge < -0.3 is 10.5 Å². The fraction of sp³-hybridized carbons (Fsp3) is 0.500. The fourth-order valence-corrected chi connectivity index (χ4v) is 2.66. The number of carbonyl (C=O) groups excluding carboxylic acids is 2. The van der Waals surface area contributed by atoms with Crippen LogP contribution in [-0.2, 0) is 20.9 Å². The minimum absolute atomic E-state index is 0.241. The maximum Gasteiger partial charge on any atom is 0.310 e. The summed E-state index contributed by atoms with van der Waals surface area (Å²) in [6.07, 6.45) is 1.72. The summed E-state index contributed by atoms with van der Waals surface area (Å²) in [6, 6.07) is 9.34. The van der Waals surface area contributed by atoms with Crippen molar-refractivity contribution in [3.05, 3.63) is 35.9 Å². The number of rotatable bonds is 6. The Kier molecular flexibility index (Phi) is 5.33. The van der Waals surface area contributed by atoms with Crippen LogP contribution < -0.4 is 5.73 Å². The lowest BCUT2D eigenvalue weighted by Crippen LogP contribution is -2.43. The van der Waals surface area contributed by atoms with Crippen LogP contribution in [0.2, 0.25) is 0 Å². The molecule has 2 N–H and O–H groups in total. The number of amides is 1. The van der Waals surface area contributed by atoms with E-state index in [9.17, 15) is 9.59 Å².